The molecular weight excluding hydrogens is 268 g/mol. The third-order valence-electron chi connectivity index (χ3n) is 5.51. The van der Waals surface area contributed by atoms with Crippen molar-refractivity contribution in [3.8, 4) is 0 Å². The van der Waals surface area contributed by atoms with Crippen molar-refractivity contribution in [2.75, 3.05) is 46.4 Å². The molecule has 3 fully saturated rings. The first kappa shape index (κ1) is 15.3. The molecule has 2 heterocycles. The van der Waals surface area contributed by atoms with Gasteiger partial charge in [-0.05, 0) is 32.1 Å². The average molecular weight is 296 g/mol. The number of hydrogen-bond acceptors (Lipinski definition) is 5. The number of carbonyl (C=O) groups is 1. The summed E-state index contributed by atoms with van der Waals surface area (Å²) in [7, 11) is 1.46. The fourth-order valence-electron chi connectivity index (χ4n) is 3.94. The minimum Gasteiger partial charge on any atom is -0.469 e. The maximum Gasteiger partial charge on any atom is 0.306 e. The molecule has 0 aromatic heterocycles. The molecule has 5 nitrogen and oxygen atoms in total. The zero-order chi connectivity index (χ0) is 14.7. The summed E-state index contributed by atoms with van der Waals surface area (Å²) in [6.45, 7) is 6.16. The quantitative estimate of drug-likeness (QED) is 0.731. The first-order valence-corrected chi connectivity index (χ1v) is 8.38. The lowest BCUT2D eigenvalue weighted by Crippen LogP contribution is -2.56. The van der Waals surface area contributed by atoms with Crippen LogP contribution in [0.1, 0.15) is 38.5 Å². The third kappa shape index (κ3) is 3.58. The minimum absolute atomic E-state index is 0.103. The van der Waals surface area contributed by atoms with Crippen LogP contribution in [-0.2, 0) is 14.3 Å². The van der Waals surface area contributed by atoms with Crippen LogP contribution in [-0.4, -0.2) is 73.9 Å². The second kappa shape index (κ2) is 6.63. The predicted molar refractivity (Wildman–Crippen MR) is 80.2 cm³/mol. The van der Waals surface area contributed by atoms with Crippen molar-refractivity contribution < 1.29 is 14.3 Å². The van der Waals surface area contributed by atoms with Crippen LogP contribution >= 0.6 is 0 Å². The summed E-state index contributed by atoms with van der Waals surface area (Å²) in [4.78, 5) is 16.2. The van der Waals surface area contributed by atoms with E-state index in [0.717, 1.165) is 39.3 Å². The molecule has 21 heavy (non-hydrogen) atoms. The first-order valence-electron chi connectivity index (χ1n) is 8.38. The molecule has 0 N–H and O–H groups in total. The second-order valence-electron chi connectivity index (χ2n) is 6.74. The van der Waals surface area contributed by atoms with Crippen molar-refractivity contribution >= 4 is 5.97 Å². The van der Waals surface area contributed by atoms with Gasteiger partial charge in [0.25, 0.3) is 0 Å². The molecular formula is C16H28N2O3. The summed E-state index contributed by atoms with van der Waals surface area (Å²) in [5.74, 6) is -0.103. The van der Waals surface area contributed by atoms with Crippen LogP contribution in [0.4, 0.5) is 0 Å². The van der Waals surface area contributed by atoms with E-state index in [2.05, 4.69) is 9.80 Å². The molecule has 3 rings (SSSR count). The Hall–Kier alpha value is -0.650. The Labute approximate surface area is 127 Å². The van der Waals surface area contributed by atoms with E-state index in [1.54, 1.807) is 0 Å². The van der Waals surface area contributed by atoms with E-state index < -0.39 is 0 Å². The molecule has 120 valence electrons. The molecule has 0 aromatic rings. The van der Waals surface area contributed by atoms with Crippen LogP contribution in [0.25, 0.3) is 0 Å². The molecule has 2 aliphatic heterocycles. The number of methoxy groups -OCH3 is 1. The van der Waals surface area contributed by atoms with Gasteiger partial charge in [-0.3, -0.25) is 9.69 Å². The van der Waals surface area contributed by atoms with E-state index in [4.69, 9.17) is 9.47 Å². The molecule has 0 aromatic carbocycles. The smallest absolute Gasteiger partial charge is 0.306 e. The van der Waals surface area contributed by atoms with Gasteiger partial charge in [-0.1, -0.05) is 0 Å². The Morgan fingerprint density at radius 2 is 2.05 bits per heavy atom. The Morgan fingerprint density at radius 3 is 2.67 bits per heavy atom. The summed E-state index contributed by atoms with van der Waals surface area (Å²) >= 11 is 0. The lowest BCUT2D eigenvalue weighted by molar-refractivity contribution is -0.151. The van der Waals surface area contributed by atoms with E-state index in [-0.39, 0.29) is 11.6 Å². The van der Waals surface area contributed by atoms with E-state index in [1.165, 1.54) is 39.2 Å². The Morgan fingerprint density at radius 1 is 1.29 bits per heavy atom. The summed E-state index contributed by atoms with van der Waals surface area (Å²) in [5, 5.41) is 0. The van der Waals surface area contributed by atoms with Crippen molar-refractivity contribution in [1.29, 1.82) is 0 Å². The molecule has 0 radical (unpaired) electrons. The molecule has 1 unspecified atom stereocenters. The molecule has 1 saturated carbocycles. The van der Waals surface area contributed by atoms with E-state index >= 15 is 0 Å². The van der Waals surface area contributed by atoms with E-state index in [9.17, 15) is 4.79 Å². The van der Waals surface area contributed by atoms with Gasteiger partial charge in [0.2, 0.25) is 0 Å². The van der Waals surface area contributed by atoms with Gasteiger partial charge in [0.1, 0.15) is 0 Å². The van der Waals surface area contributed by atoms with E-state index in [0.29, 0.717) is 12.5 Å². The fraction of sp³-hybridized carbons (Fsp3) is 0.938. The van der Waals surface area contributed by atoms with Gasteiger partial charge in [-0.15, -0.1) is 0 Å². The third-order valence-corrected chi connectivity index (χ3v) is 5.51. The van der Waals surface area contributed by atoms with E-state index in [1.807, 2.05) is 0 Å². The van der Waals surface area contributed by atoms with Gasteiger partial charge in [0, 0.05) is 45.4 Å². The van der Waals surface area contributed by atoms with Crippen LogP contribution in [0.3, 0.4) is 0 Å². The van der Waals surface area contributed by atoms with Crippen molar-refractivity contribution in [3.63, 3.8) is 0 Å². The van der Waals surface area contributed by atoms with Gasteiger partial charge in [0.15, 0.2) is 0 Å². The Bertz CT molecular complexity index is 363. The number of piperazine rings is 1. The highest BCUT2D eigenvalue weighted by atomic mass is 16.5. The number of hydrogen-bond donors (Lipinski definition) is 0. The summed E-state index contributed by atoms with van der Waals surface area (Å²) in [5.41, 5.74) is 0.241. The highest BCUT2D eigenvalue weighted by molar-refractivity contribution is 5.69. The van der Waals surface area contributed by atoms with Crippen molar-refractivity contribution in [2.24, 2.45) is 0 Å². The predicted octanol–water partition coefficient (Wildman–Crippen LogP) is 1.27. The van der Waals surface area contributed by atoms with Crippen molar-refractivity contribution in [1.82, 2.24) is 9.80 Å². The number of nitrogens with zero attached hydrogens (tertiary/aromatic N) is 2. The second-order valence-corrected chi connectivity index (χ2v) is 6.74. The number of ether oxygens (including phenoxy) is 2. The maximum atomic E-state index is 11.2. The molecule has 1 spiro atoms. The van der Waals surface area contributed by atoms with Crippen molar-refractivity contribution in [3.05, 3.63) is 0 Å². The minimum atomic E-state index is -0.103. The van der Waals surface area contributed by atoms with Crippen LogP contribution in [0.15, 0.2) is 0 Å². The monoisotopic (exact) mass is 296 g/mol. The van der Waals surface area contributed by atoms with Crippen LogP contribution < -0.4 is 0 Å². The molecule has 5 heteroatoms. The maximum absolute atomic E-state index is 11.2. The number of rotatable bonds is 4. The molecule has 0 amide bonds. The largest absolute Gasteiger partial charge is 0.469 e. The van der Waals surface area contributed by atoms with Crippen LogP contribution in [0.2, 0.25) is 0 Å². The molecule has 3 aliphatic rings. The molecule has 2 saturated heterocycles. The fourth-order valence-corrected chi connectivity index (χ4v) is 3.94. The van der Waals surface area contributed by atoms with Gasteiger partial charge in [-0.25, -0.2) is 0 Å². The number of esters is 1. The van der Waals surface area contributed by atoms with Gasteiger partial charge >= 0.3 is 5.97 Å². The first-order chi connectivity index (χ1) is 10.2. The Balaban J connectivity index is 1.42. The standard InChI is InChI=1S/C16H28N2O3/c1-20-15(19)3-7-17-8-10-18(11-9-17)14-4-12-21-16(13-14)5-2-6-16/h14H,2-13H2,1H3. The molecule has 1 aliphatic carbocycles. The highest BCUT2D eigenvalue weighted by Gasteiger charge is 2.44. The topological polar surface area (TPSA) is 42.0 Å². The van der Waals surface area contributed by atoms with Gasteiger partial charge in [0.05, 0.1) is 19.1 Å². The normalized spacial score (nSPS) is 30.0. The number of carbonyl (C=O) groups excluding carboxylic acids is 1. The highest BCUT2D eigenvalue weighted by Crippen LogP contribution is 2.43. The van der Waals surface area contributed by atoms with Crippen LogP contribution in [0, 0.1) is 0 Å². The van der Waals surface area contributed by atoms with Crippen LogP contribution in [0.5, 0.6) is 0 Å². The summed E-state index contributed by atoms with van der Waals surface area (Å²) in [6, 6.07) is 0.710. The lowest BCUT2D eigenvalue weighted by Gasteiger charge is -2.50. The average Bonchev–Trinajstić information content (AvgIpc) is 2.51. The van der Waals surface area contributed by atoms with Gasteiger partial charge < -0.3 is 14.4 Å². The Kier molecular flexibility index (Phi) is 4.82. The zero-order valence-corrected chi connectivity index (χ0v) is 13.2. The van der Waals surface area contributed by atoms with Crippen molar-refractivity contribution in [2.45, 2.75) is 50.2 Å². The summed E-state index contributed by atoms with van der Waals surface area (Å²) in [6.07, 6.45) is 6.80. The summed E-state index contributed by atoms with van der Waals surface area (Å²) < 4.78 is 10.7. The molecule has 1 atom stereocenters. The lowest BCUT2D eigenvalue weighted by atomic mass is 9.73. The van der Waals surface area contributed by atoms with Gasteiger partial charge in [-0.2, -0.15) is 0 Å². The SMILES string of the molecule is COC(=O)CCN1CCN(C2CCOC3(CCC3)C2)CC1. The zero-order valence-electron chi connectivity index (χ0n) is 13.2. The molecule has 0 bridgehead atoms.